The van der Waals surface area contributed by atoms with Crippen LogP contribution >= 0.6 is 22.7 Å². The minimum Gasteiger partial charge on any atom is -0.273 e. The van der Waals surface area contributed by atoms with Gasteiger partial charge < -0.3 is 0 Å². The molecule has 3 rings (SSSR count). The molecule has 0 aliphatic carbocycles. The Hall–Kier alpha value is -1.29. The molecule has 2 aromatic rings. The van der Waals surface area contributed by atoms with E-state index in [1.54, 1.807) is 35.4 Å². The highest BCUT2D eigenvalue weighted by molar-refractivity contribution is 7.91. The second kappa shape index (κ2) is 6.91. The van der Waals surface area contributed by atoms with Crippen molar-refractivity contribution in [2.45, 2.75) is 18.9 Å². The smallest absolute Gasteiger partial charge is 0.243 e. The van der Waals surface area contributed by atoms with Gasteiger partial charge in [0.1, 0.15) is 5.01 Å². The average Bonchev–Trinajstić information content (AvgIpc) is 3.19. The van der Waals surface area contributed by atoms with Crippen LogP contribution in [0.25, 0.3) is 9.88 Å². The van der Waals surface area contributed by atoms with E-state index in [0.717, 1.165) is 15.6 Å². The van der Waals surface area contributed by atoms with Crippen molar-refractivity contribution in [3.8, 4) is 9.88 Å². The molecule has 130 valence electrons. The standard InChI is InChI=1S/C15H19N3O3S3/c1-17(2)18(12-5-7-24(20,21)10-12)14(19)8-11-9-23-15(16-11)13-4-3-6-22-13/h3-4,6,9,12H,5,7-8,10H2,1-2H3/t12-/m1/s1. The maximum Gasteiger partial charge on any atom is 0.243 e. The van der Waals surface area contributed by atoms with Crippen LogP contribution in [0.3, 0.4) is 0 Å². The molecule has 0 unspecified atom stereocenters. The number of hydrogen-bond acceptors (Lipinski definition) is 7. The van der Waals surface area contributed by atoms with Crippen LogP contribution in [0.2, 0.25) is 0 Å². The van der Waals surface area contributed by atoms with Crippen molar-refractivity contribution in [1.29, 1.82) is 0 Å². The molecule has 1 aliphatic rings. The van der Waals surface area contributed by atoms with E-state index in [-0.39, 0.29) is 29.9 Å². The zero-order valence-electron chi connectivity index (χ0n) is 13.5. The highest BCUT2D eigenvalue weighted by Crippen LogP contribution is 2.28. The first-order chi connectivity index (χ1) is 11.4. The first-order valence-corrected chi connectivity index (χ1v) is 11.1. The van der Waals surface area contributed by atoms with Gasteiger partial charge in [-0.15, -0.1) is 22.7 Å². The number of carbonyl (C=O) groups excluding carboxylic acids is 1. The van der Waals surface area contributed by atoms with Gasteiger partial charge in [-0.3, -0.25) is 9.80 Å². The SMILES string of the molecule is CN(C)N(C(=O)Cc1csc(-c2cccs2)n1)[C@@H]1CCS(=O)(=O)C1. The number of aromatic nitrogens is 1. The number of nitrogens with zero attached hydrogens (tertiary/aromatic N) is 3. The van der Waals surface area contributed by atoms with Crippen LogP contribution < -0.4 is 0 Å². The summed E-state index contributed by atoms with van der Waals surface area (Å²) in [6.07, 6.45) is 0.667. The number of sulfone groups is 1. The van der Waals surface area contributed by atoms with Gasteiger partial charge in [-0.2, -0.15) is 0 Å². The molecule has 0 bridgehead atoms. The van der Waals surface area contributed by atoms with Crippen LogP contribution in [0, 0.1) is 0 Å². The Kier molecular flexibility index (Phi) is 5.05. The molecule has 0 spiro atoms. The number of hydrazine groups is 1. The first-order valence-electron chi connectivity index (χ1n) is 7.54. The largest absolute Gasteiger partial charge is 0.273 e. The van der Waals surface area contributed by atoms with Gasteiger partial charge in [-0.25, -0.2) is 18.4 Å². The second-order valence-corrected chi connectivity index (χ2v) is 9.97. The Bertz CT molecular complexity index is 812. The predicted octanol–water partition coefficient (Wildman–Crippen LogP) is 1.91. The summed E-state index contributed by atoms with van der Waals surface area (Å²) in [7, 11) is 0.491. The van der Waals surface area contributed by atoms with Gasteiger partial charge in [0.25, 0.3) is 0 Å². The molecule has 1 atom stereocenters. The van der Waals surface area contributed by atoms with E-state index in [1.807, 2.05) is 22.9 Å². The Morgan fingerprint density at radius 3 is 2.75 bits per heavy atom. The van der Waals surface area contributed by atoms with E-state index in [0.29, 0.717) is 6.42 Å². The van der Waals surface area contributed by atoms with Gasteiger partial charge in [0, 0.05) is 19.5 Å². The summed E-state index contributed by atoms with van der Waals surface area (Å²) < 4.78 is 23.4. The molecule has 1 amide bonds. The Labute approximate surface area is 149 Å². The first kappa shape index (κ1) is 17.5. The number of thiazole rings is 1. The van der Waals surface area contributed by atoms with E-state index in [9.17, 15) is 13.2 Å². The maximum absolute atomic E-state index is 12.7. The molecular weight excluding hydrogens is 366 g/mol. The molecule has 0 saturated carbocycles. The molecule has 1 fully saturated rings. The highest BCUT2D eigenvalue weighted by atomic mass is 32.2. The van der Waals surface area contributed by atoms with Crippen LogP contribution in [0.5, 0.6) is 0 Å². The van der Waals surface area contributed by atoms with Crippen molar-refractivity contribution in [1.82, 2.24) is 15.0 Å². The zero-order chi connectivity index (χ0) is 17.3. The fourth-order valence-corrected chi connectivity index (χ4v) is 6.18. The summed E-state index contributed by atoms with van der Waals surface area (Å²) >= 11 is 3.14. The van der Waals surface area contributed by atoms with E-state index in [2.05, 4.69) is 4.98 Å². The van der Waals surface area contributed by atoms with Gasteiger partial charge in [0.2, 0.25) is 5.91 Å². The third kappa shape index (κ3) is 3.85. The van der Waals surface area contributed by atoms with E-state index >= 15 is 0 Å². The Balaban J connectivity index is 1.72. The number of hydrogen-bond donors (Lipinski definition) is 0. The van der Waals surface area contributed by atoms with Gasteiger partial charge in [0.15, 0.2) is 9.84 Å². The average molecular weight is 386 g/mol. The van der Waals surface area contributed by atoms with Crippen molar-refractivity contribution in [2.24, 2.45) is 0 Å². The lowest BCUT2D eigenvalue weighted by molar-refractivity contribution is -0.148. The second-order valence-electron chi connectivity index (χ2n) is 5.94. The van der Waals surface area contributed by atoms with Gasteiger partial charge in [-0.05, 0) is 17.9 Å². The summed E-state index contributed by atoms with van der Waals surface area (Å²) in [5.41, 5.74) is 0.723. The third-order valence-electron chi connectivity index (χ3n) is 3.86. The number of thiophene rings is 1. The molecule has 1 saturated heterocycles. The van der Waals surface area contributed by atoms with Gasteiger partial charge in [0.05, 0.1) is 34.5 Å². The van der Waals surface area contributed by atoms with Crippen molar-refractivity contribution < 1.29 is 13.2 Å². The lowest BCUT2D eigenvalue weighted by Gasteiger charge is -2.33. The Morgan fingerprint density at radius 2 is 2.17 bits per heavy atom. The molecular formula is C15H19N3O3S3. The molecule has 9 heteroatoms. The maximum atomic E-state index is 12.7. The zero-order valence-corrected chi connectivity index (χ0v) is 16.0. The van der Waals surface area contributed by atoms with Crippen molar-refractivity contribution in [3.63, 3.8) is 0 Å². The van der Waals surface area contributed by atoms with Gasteiger partial charge >= 0.3 is 0 Å². The summed E-state index contributed by atoms with van der Waals surface area (Å²) in [4.78, 5) is 18.3. The molecule has 3 heterocycles. The molecule has 6 nitrogen and oxygen atoms in total. The van der Waals surface area contributed by atoms with Crippen LogP contribution in [0.4, 0.5) is 0 Å². The normalized spacial score (nSPS) is 19.7. The number of rotatable bonds is 5. The van der Waals surface area contributed by atoms with Crippen LogP contribution in [0.15, 0.2) is 22.9 Å². The van der Waals surface area contributed by atoms with Crippen LogP contribution in [-0.4, -0.2) is 61.0 Å². The van der Waals surface area contributed by atoms with Gasteiger partial charge in [-0.1, -0.05) is 6.07 Å². The summed E-state index contributed by atoms with van der Waals surface area (Å²) in [5, 5.41) is 8.05. The van der Waals surface area contributed by atoms with E-state index < -0.39 is 9.84 Å². The predicted molar refractivity (Wildman–Crippen MR) is 96.7 cm³/mol. The molecule has 1 aliphatic heterocycles. The fourth-order valence-electron chi connectivity index (χ4n) is 2.86. The summed E-state index contributed by atoms with van der Waals surface area (Å²) in [6, 6.07) is 3.69. The van der Waals surface area contributed by atoms with Crippen molar-refractivity contribution in [3.05, 3.63) is 28.6 Å². The summed E-state index contributed by atoms with van der Waals surface area (Å²) in [5.74, 6) is 0.0632. The van der Waals surface area contributed by atoms with E-state index in [1.165, 1.54) is 11.3 Å². The lowest BCUT2D eigenvalue weighted by atomic mass is 10.2. The Morgan fingerprint density at radius 1 is 1.38 bits per heavy atom. The minimum absolute atomic E-state index is 0.0361. The van der Waals surface area contributed by atoms with Crippen molar-refractivity contribution >= 4 is 38.4 Å². The highest BCUT2D eigenvalue weighted by Gasteiger charge is 2.36. The van der Waals surface area contributed by atoms with E-state index in [4.69, 9.17) is 0 Å². The fraction of sp³-hybridized carbons (Fsp3) is 0.467. The lowest BCUT2D eigenvalue weighted by Crippen LogP contribution is -2.50. The number of amides is 1. The molecule has 2 aromatic heterocycles. The summed E-state index contributed by atoms with van der Waals surface area (Å²) in [6.45, 7) is 0. The monoisotopic (exact) mass is 385 g/mol. The topological polar surface area (TPSA) is 70.6 Å². The third-order valence-corrected chi connectivity index (χ3v) is 7.54. The molecule has 24 heavy (non-hydrogen) atoms. The molecule has 0 radical (unpaired) electrons. The van der Waals surface area contributed by atoms with Crippen molar-refractivity contribution in [2.75, 3.05) is 25.6 Å². The quantitative estimate of drug-likeness (QED) is 0.735. The minimum atomic E-state index is -3.04. The number of carbonyl (C=O) groups is 1. The van der Waals surface area contributed by atoms with Crippen LogP contribution in [-0.2, 0) is 21.1 Å². The molecule has 0 aromatic carbocycles. The van der Waals surface area contributed by atoms with Crippen LogP contribution in [0.1, 0.15) is 12.1 Å². The molecule has 0 N–H and O–H groups in total.